The zero-order valence-electron chi connectivity index (χ0n) is 8.87. The zero-order chi connectivity index (χ0) is 11.7. The largest absolute Gasteiger partial charge is 0.337 e. The van der Waals surface area contributed by atoms with Crippen molar-refractivity contribution < 1.29 is 8.91 Å². The van der Waals surface area contributed by atoms with Crippen LogP contribution < -0.4 is 0 Å². The van der Waals surface area contributed by atoms with Crippen LogP contribution in [0.2, 0.25) is 0 Å². The molecule has 0 aliphatic carbocycles. The monoisotopic (exact) mass is 240 g/mol. The summed E-state index contributed by atoms with van der Waals surface area (Å²) >= 11 is 5.79. The standard InChI is InChI=1S/C11H10ClFN2O/c1-6-3-4-9(13)8(5-6)10-14-11(7(2)12)16-15-10/h3-5,7H,1-2H3/t7-/m0/s1. The van der Waals surface area contributed by atoms with Gasteiger partial charge < -0.3 is 4.52 Å². The first kappa shape index (κ1) is 11.1. The summed E-state index contributed by atoms with van der Waals surface area (Å²) in [6.45, 7) is 3.58. The van der Waals surface area contributed by atoms with Crippen molar-refractivity contribution in [3.63, 3.8) is 0 Å². The van der Waals surface area contributed by atoms with E-state index in [2.05, 4.69) is 10.1 Å². The van der Waals surface area contributed by atoms with Gasteiger partial charge in [0.25, 0.3) is 0 Å². The van der Waals surface area contributed by atoms with Crippen molar-refractivity contribution in [1.29, 1.82) is 0 Å². The molecule has 0 bridgehead atoms. The van der Waals surface area contributed by atoms with Gasteiger partial charge in [-0.2, -0.15) is 4.98 Å². The van der Waals surface area contributed by atoms with Crippen molar-refractivity contribution in [2.24, 2.45) is 0 Å². The lowest BCUT2D eigenvalue weighted by Gasteiger charge is -1.98. The first-order valence-corrected chi connectivity index (χ1v) is 5.26. The minimum Gasteiger partial charge on any atom is -0.337 e. The fourth-order valence-electron chi connectivity index (χ4n) is 1.32. The smallest absolute Gasteiger partial charge is 0.244 e. The van der Waals surface area contributed by atoms with E-state index in [9.17, 15) is 4.39 Å². The van der Waals surface area contributed by atoms with Crippen molar-refractivity contribution in [2.75, 3.05) is 0 Å². The van der Waals surface area contributed by atoms with Crippen LogP contribution in [0.4, 0.5) is 4.39 Å². The van der Waals surface area contributed by atoms with Gasteiger partial charge in [0.05, 0.1) is 5.56 Å². The van der Waals surface area contributed by atoms with Gasteiger partial charge in [-0.25, -0.2) is 4.39 Å². The highest BCUT2D eigenvalue weighted by Gasteiger charge is 2.15. The number of aryl methyl sites for hydroxylation is 1. The summed E-state index contributed by atoms with van der Waals surface area (Å²) < 4.78 is 18.4. The van der Waals surface area contributed by atoms with Gasteiger partial charge in [-0.3, -0.25) is 0 Å². The molecule has 84 valence electrons. The molecule has 1 aromatic carbocycles. The number of hydrogen-bond donors (Lipinski definition) is 0. The molecule has 16 heavy (non-hydrogen) atoms. The van der Waals surface area contributed by atoms with E-state index in [1.165, 1.54) is 6.07 Å². The second kappa shape index (κ2) is 4.22. The third kappa shape index (κ3) is 2.07. The van der Waals surface area contributed by atoms with Crippen LogP contribution in [0.25, 0.3) is 11.4 Å². The molecule has 1 atom stereocenters. The molecule has 0 N–H and O–H groups in total. The van der Waals surface area contributed by atoms with Gasteiger partial charge >= 0.3 is 0 Å². The van der Waals surface area contributed by atoms with E-state index in [1.807, 2.05) is 6.92 Å². The Kier molecular flexibility index (Phi) is 2.92. The molecule has 0 spiro atoms. The molecule has 3 nitrogen and oxygen atoms in total. The second-order valence-electron chi connectivity index (χ2n) is 3.56. The molecule has 0 aliphatic rings. The first-order valence-electron chi connectivity index (χ1n) is 4.82. The summed E-state index contributed by atoms with van der Waals surface area (Å²) in [5, 5.41) is 3.32. The van der Waals surface area contributed by atoms with Gasteiger partial charge in [0.15, 0.2) is 0 Å². The molecule has 1 aromatic heterocycles. The molecular weight excluding hydrogens is 231 g/mol. The van der Waals surface area contributed by atoms with E-state index in [1.54, 1.807) is 19.1 Å². The third-order valence-electron chi connectivity index (χ3n) is 2.14. The predicted octanol–water partition coefficient (Wildman–Crippen LogP) is 3.48. The molecule has 0 saturated heterocycles. The van der Waals surface area contributed by atoms with Crippen LogP contribution in [0.1, 0.15) is 23.8 Å². The maximum absolute atomic E-state index is 13.5. The fraction of sp³-hybridized carbons (Fsp3) is 0.273. The van der Waals surface area contributed by atoms with E-state index in [-0.39, 0.29) is 22.9 Å². The average Bonchev–Trinajstić information content (AvgIpc) is 2.70. The summed E-state index contributed by atoms with van der Waals surface area (Å²) in [6, 6.07) is 4.73. The lowest BCUT2D eigenvalue weighted by atomic mass is 10.1. The summed E-state index contributed by atoms with van der Waals surface area (Å²) in [5.41, 5.74) is 1.26. The van der Waals surface area contributed by atoms with Gasteiger partial charge in [0, 0.05) is 0 Å². The Labute approximate surface area is 97.2 Å². The van der Waals surface area contributed by atoms with Crippen LogP contribution >= 0.6 is 11.6 Å². The SMILES string of the molecule is Cc1ccc(F)c(-c2noc([C@H](C)Cl)n2)c1. The lowest BCUT2D eigenvalue weighted by molar-refractivity contribution is 0.379. The highest BCUT2D eigenvalue weighted by molar-refractivity contribution is 6.20. The maximum atomic E-state index is 13.5. The number of alkyl halides is 1. The summed E-state index contributed by atoms with van der Waals surface area (Å²) in [4.78, 5) is 4.03. The summed E-state index contributed by atoms with van der Waals surface area (Å²) in [7, 11) is 0. The quantitative estimate of drug-likeness (QED) is 0.755. The number of halogens is 2. The molecule has 0 amide bonds. The number of nitrogens with zero attached hydrogens (tertiary/aromatic N) is 2. The molecule has 2 aromatic rings. The topological polar surface area (TPSA) is 38.9 Å². The van der Waals surface area contributed by atoms with E-state index in [4.69, 9.17) is 16.1 Å². The van der Waals surface area contributed by atoms with Crippen molar-refractivity contribution in [3.05, 3.63) is 35.5 Å². The summed E-state index contributed by atoms with van der Waals surface area (Å²) in [5.74, 6) is 0.140. The molecule has 0 aliphatic heterocycles. The number of aromatic nitrogens is 2. The first-order chi connectivity index (χ1) is 7.58. The van der Waals surface area contributed by atoms with Crippen molar-refractivity contribution in [3.8, 4) is 11.4 Å². The molecule has 5 heteroatoms. The van der Waals surface area contributed by atoms with Crippen LogP contribution in [-0.4, -0.2) is 10.1 Å². The van der Waals surface area contributed by atoms with Gasteiger partial charge in [-0.15, -0.1) is 11.6 Å². The summed E-state index contributed by atoms with van der Waals surface area (Å²) in [6.07, 6.45) is 0. The van der Waals surface area contributed by atoms with Gasteiger partial charge in [0.2, 0.25) is 11.7 Å². The molecule has 0 fully saturated rings. The molecule has 1 heterocycles. The molecule has 0 unspecified atom stereocenters. The Hall–Kier alpha value is -1.42. The van der Waals surface area contributed by atoms with E-state index in [0.29, 0.717) is 5.56 Å². The predicted molar refractivity (Wildman–Crippen MR) is 58.7 cm³/mol. The average molecular weight is 241 g/mol. The van der Waals surface area contributed by atoms with Crippen LogP contribution in [-0.2, 0) is 0 Å². The van der Waals surface area contributed by atoms with Gasteiger partial charge in [-0.05, 0) is 26.0 Å². The normalized spacial score (nSPS) is 12.8. The number of benzene rings is 1. The van der Waals surface area contributed by atoms with Gasteiger partial charge in [-0.1, -0.05) is 16.8 Å². The van der Waals surface area contributed by atoms with Crippen LogP contribution in [0.3, 0.4) is 0 Å². The Morgan fingerprint density at radius 3 is 2.81 bits per heavy atom. The Bertz CT molecular complexity index is 510. The van der Waals surface area contributed by atoms with Gasteiger partial charge in [0.1, 0.15) is 11.2 Å². The molecule has 2 rings (SSSR count). The number of hydrogen-bond acceptors (Lipinski definition) is 3. The van der Waals surface area contributed by atoms with Crippen molar-refractivity contribution in [1.82, 2.24) is 10.1 Å². The minimum atomic E-state index is -0.380. The lowest BCUT2D eigenvalue weighted by Crippen LogP contribution is -1.89. The van der Waals surface area contributed by atoms with Crippen LogP contribution in [0, 0.1) is 12.7 Å². The Morgan fingerprint density at radius 1 is 1.44 bits per heavy atom. The van der Waals surface area contributed by atoms with E-state index in [0.717, 1.165) is 5.56 Å². The molecule has 0 radical (unpaired) electrons. The molecule has 0 saturated carbocycles. The highest BCUT2D eigenvalue weighted by atomic mass is 35.5. The Balaban J connectivity index is 2.46. The number of rotatable bonds is 2. The zero-order valence-corrected chi connectivity index (χ0v) is 9.62. The molecular formula is C11H10ClFN2O. The van der Waals surface area contributed by atoms with E-state index >= 15 is 0 Å². The van der Waals surface area contributed by atoms with Crippen LogP contribution in [0.5, 0.6) is 0 Å². The fourth-order valence-corrected chi connectivity index (χ4v) is 1.41. The van der Waals surface area contributed by atoms with E-state index < -0.39 is 0 Å². The third-order valence-corrected chi connectivity index (χ3v) is 2.33. The Morgan fingerprint density at radius 2 is 2.19 bits per heavy atom. The second-order valence-corrected chi connectivity index (χ2v) is 4.21. The van der Waals surface area contributed by atoms with Crippen molar-refractivity contribution >= 4 is 11.6 Å². The van der Waals surface area contributed by atoms with Crippen molar-refractivity contribution in [2.45, 2.75) is 19.2 Å². The van der Waals surface area contributed by atoms with Crippen LogP contribution in [0.15, 0.2) is 22.7 Å². The highest BCUT2D eigenvalue weighted by Crippen LogP contribution is 2.24. The maximum Gasteiger partial charge on any atom is 0.244 e. The minimum absolute atomic E-state index is 0.226.